The fraction of sp³-hybridized carbons (Fsp3) is 0.722. The van der Waals surface area contributed by atoms with Crippen molar-refractivity contribution in [1.82, 2.24) is 4.98 Å². The highest BCUT2D eigenvalue weighted by molar-refractivity contribution is 6.62. The molecule has 0 bridgehead atoms. The topological polar surface area (TPSA) is 66.6 Å². The van der Waals surface area contributed by atoms with E-state index in [1.807, 2.05) is 13.8 Å². The highest BCUT2D eigenvalue weighted by Gasteiger charge is 2.52. The first-order chi connectivity index (χ1) is 12.5. The van der Waals surface area contributed by atoms with Crippen molar-refractivity contribution in [3.63, 3.8) is 0 Å². The third-order valence-corrected chi connectivity index (χ3v) is 5.75. The molecule has 9 heteroatoms. The molecule has 0 amide bonds. The normalized spacial score (nSPS) is 31.1. The Morgan fingerprint density at radius 2 is 1.85 bits per heavy atom. The number of alkyl halides is 3. The van der Waals surface area contributed by atoms with E-state index in [1.165, 1.54) is 0 Å². The van der Waals surface area contributed by atoms with E-state index in [4.69, 9.17) is 19.8 Å². The first-order valence-electron chi connectivity index (χ1n) is 9.27. The van der Waals surface area contributed by atoms with Gasteiger partial charge in [-0.1, -0.05) is 0 Å². The lowest BCUT2D eigenvalue weighted by Gasteiger charge is -2.31. The maximum absolute atomic E-state index is 12.7. The molecular weight excluding hydrogens is 360 g/mol. The average Bonchev–Trinajstić information content (AvgIpc) is 2.81. The highest BCUT2D eigenvalue weighted by Crippen LogP contribution is 2.39. The molecule has 3 rings (SSSR count). The molecule has 27 heavy (non-hydrogen) atoms. The molecule has 0 aromatic carbocycles. The first kappa shape index (κ1) is 20.4. The van der Waals surface area contributed by atoms with Gasteiger partial charge < -0.3 is 19.8 Å². The Morgan fingerprint density at radius 3 is 2.41 bits per heavy atom. The first-order valence-corrected chi connectivity index (χ1v) is 9.27. The zero-order chi connectivity index (χ0) is 19.9. The molecule has 2 N–H and O–H groups in total. The SMILES string of the molecule is CC1(C)OB(c2cncc(OCC3CCC(C(F)(F)F)CC3)c2)OC1(C)N. The van der Waals surface area contributed by atoms with E-state index in [1.54, 1.807) is 25.4 Å². The monoisotopic (exact) mass is 386 g/mol. The molecule has 5 nitrogen and oxygen atoms in total. The van der Waals surface area contributed by atoms with Crippen LogP contribution in [0.3, 0.4) is 0 Å². The number of ether oxygens (including phenoxy) is 1. The van der Waals surface area contributed by atoms with Crippen molar-refractivity contribution in [1.29, 1.82) is 0 Å². The van der Waals surface area contributed by atoms with Gasteiger partial charge in [0.05, 0.1) is 24.3 Å². The lowest BCUT2D eigenvalue weighted by Crippen LogP contribution is -2.52. The minimum absolute atomic E-state index is 0.123. The van der Waals surface area contributed by atoms with E-state index in [0.29, 0.717) is 30.7 Å². The quantitative estimate of drug-likeness (QED) is 0.806. The maximum atomic E-state index is 12.7. The van der Waals surface area contributed by atoms with Crippen LogP contribution in [0.15, 0.2) is 18.5 Å². The Bertz CT molecular complexity index is 645. The summed E-state index contributed by atoms with van der Waals surface area (Å²) in [4.78, 5) is 4.16. The average molecular weight is 386 g/mol. The third-order valence-electron chi connectivity index (χ3n) is 5.75. The number of hydrogen-bond acceptors (Lipinski definition) is 5. The van der Waals surface area contributed by atoms with Gasteiger partial charge in [0.25, 0.3) is 0 Å². The number of halogens is 3. The molecule has 1 atom stereocenters. The van der Waals surface area contributed by atoms with Crippen molar-refractivity contribution in [3.05, 3.63) is 18.5 Å². The maximum Gasteiger partial charge on any atom is 0.497 e. The van der Waals surface area contributed by atoms with E-state index in [2.05, 4.69) is 4.98 Å². The minimum Gasteiger partial charge on any atom is -0.492 e. The summed E-state index contributed by atoms with van der Waals surface area (Å²) in [5.74, 6) is -0.511. The molecular formula is C18H26BF3N2O3. The number of pyridine rings is 1. The molecule has 1 aromatic rings. The Labute approximate surface area is 157 Å². The summed E-state index contributed by atoms with van der Waals surface area (Å²) >= 11 is 0. The van der Waals surface area contributed by atoms with Gasteiger partial charge in [-0.05, 0) is 58.4 Å². The second kappa shape index (κ2) is 7.26. The van der Waals surface area contributed by atoms with E-state index in [0.717, 1.165) is 0 Å². The van der Waals surface area contributed by atoms with Gasteiger partial charge >= 0.3 is 13.3 Å². The molecule has 2 fully saturated rings. The van der Waals surface area contributed by atoms with Crippen LogP contribution in [0.25, 0.3) is 0 Å². The zero-order valence-corrected chi connectivity index (χ0v) is 15.9. The van der Waals surface area contributed by atoms with Crippen LogP contribution in [0.2, 0.25) is 0 Å². The third kappa shape index (κ3) is 4.58. The van der Waals surface area contributed by atoms with Gasteiger partial charge in [-0.3, -0.25) is 4.98 Å². The van der Waals surface area contributed by atoms with Crippen LogP contribution >= 0.6 is 0 Å². The van der Waals surface area contributed by atoms with Crippen molar-refractivity contribution in [2.75, 3.05) is 6.61 Å². The molecule has 1 aromatic heterocycles. The van der Waals surface area contributed by atoms with Gasteiger partial charge in [-0.15, -0.1) is 0 Å². The molecule has 1 aliphatic carbocycles. The van der Waals surface area contributed by atoms with Crippen molar-refractivity contribution in [2.24, 2.45) is 17.6 Å². The van der Waals surface area contributed by atoms with Crippen LogP contribution in [0.5, 0.6) is 5.75 Å². The van der Waals surface area contributed by atoms with Crippen LogP contribution in [-0.2, 0) is 9.31 Å². The smallest absolute Gasteiger partial charge is 0.492 e. The molecule has 150 valence electrons. The Hall–Kier alpha value is -1.32. The highest BCUT2D eigenvalue weighted by atomic mass is 19.4. The van der Waals surface area contributed by atoms with Gasteiger partial charge in [0.15, 0.2) is 0 Å². The van der Waals surface area contributed by atoms with Crippen molar-refractivity contribution < 1.29 is 27.2 Å². The Balaban J connectivity index is 1.55. The van der Waals surface area contributed by atoms with Crippen LogP contribution < -0.4 is 15.9 Å². The number of nitrogens with zero attached hydrogens (tertiary/aromatic N) is 1. The molecule has 1 unspecified atom stereocenters. The fourth-order valence-electron chi connectivity index (χ4n) is 3.42. The van der Waals surface area contributed by atoms with Gasteiger partial charge in [-0.2, -0.15) is 13.2 Å². The Kier molecular flexibility index (Phi) is 5.49. The van der Waals surface area contributed by atoms with Crippen molar-refractivity contribution >= 4 is 12.6 Å². The summed E-state index contributed by atoms with van der Waals surface area (Å²) in [6.07, 6.45) is 0.498. The summed E-state index contributed by atoms with van der Waals surface area (Å²) in [6, 6.07) is 1.77. The summed E-state index contributed by atoms with van der Waals surface area (Å²) in [6.45, 7) is 5.86. The molecule has 1 saturated carbocycles. The summed E-state index contributed by atoms with van der Waals surface area (Å²) in [5, 5.41) is 0. The lowest BCUT2D eigenvalue weighted by atomic mass is 9.80. The molecule has 2 heterocycles. The van der Waals surface area contributed by atoms with Gasteiger partial charge in [-0.25, -0.2) is 0 Å². The molecule has 0 radical (unpaired) electrons. The lowest BCUT2D eigenvalue weighted by molar-refractivity contribution is -0.184. The number of aromatic nitrogens is 1. The summed E-state index contributed by atoms with van der Waals surface area (Å²) < 4.78 is 55.7. The van der Waals surface area contributed by atoms with Crippen LogP contribution in [0, 0.1) is 11.8 Å². The summed E-state index contributed by atoms with van der Waals surface area (Å²) in [5.41, 5.74) is 5.23. The zero-order valence-electron chi connectivity index (χ0n) is 15.9. The second-order valence-corrected chi connectivity index (χ2v) is 8.21. The Morgan fingerprint density at radius 1 is 1.19 bits per heavy atom. The standard InChI is InChI=1S/C18H26BF3N2O3/c1-16(2)17(3,23)27-19(26-16)14-8-15(10-24-9-14)25-11-12-4-6-13(7-5-12)18(20,21)22/h8-10,12-13H,4-7,11,23H2,1-3H3. The van der Waals surface area contributed by atoms with Crippen LogP contribution in [-0.4, -0.2) is 36.2 Å². The summed E-state index contributed by atoms with van der Waals surface area (Å²) in [7, 11) is -0.645. The molecule has 1 saturated heterocycles. The fourth-order valence-corrected chi connectivity index (χ4v) is 3.42. The van der Waals surface area contributed by atoms with Gasteiger partial charge in [0.2, 0.25) is 0 Å². The van der Waals surface area contributed by atoms with Gasteiger partial charge in [0.1, 0.15) is 11.5 Å². The number of hydrogen-bond donors (Lipinski definition) is 1. The van der Waals surface area contributed by atoms with Gasteiger partial charge in [0, 0.05) is 11.7 Å². The minimum atomic E-state index is -4.09. The number of nitrogens with two attached hydrogens (primary N) is 1. The van der Waals surface area contributed by atoms with Crippen molar-refractivity contribution in [2.45, 2.75) is 64.0 Å². The van der Waals surface area contributed by atoms with E-state index in [-0.39, 0.29) is 18.8 Å². The van der Waals surface area contributed by atoms with Crippen LogP contribution in [0.1, 0.15) is 46.5 Å². The second-order valence-electron chi connectivity index (χ2n) is 8.21. The molecule has 2 aliphatic rings. The van der Waals surface area contributed by atoms with Crippen LogP contribution in [0.4, 0.5) is 13.2 Å². The largest absolute Gasteiger partial charge is 0.497 e. The molecule has 1 aliphatic heterocycles. The predicted octanol–water partition coefficient (Wildman–Crippen LogP) is 3.02. The van der Waals surface area contributed by atoms with E-state index in [9.17, 15) is 13.2 Å². The predicted molar refractivity (Wildman–Crippen MR) is 95.5 cm³/mol. The van der Waals surface area contributed by atoms with Crippen molar-refractivity contribution in [3.8, 4) is 5.75 Å². The number of rotatable bonds is 4. The molecule has 0 spiro atoms. The van der Waals surface area contributed by atoms with E-state index < -0.39 is 30.5 Å². The van der Waals surface area contributed by atoms with E-state index >= 15 is 0 Å².